The van der Waals surface area contributed by atoms with Gasteiger partial charge in [-0.15, -0.1) is 11.3 Å². The molecule has 1 aromatic rings. The summed E-state index contributed by atoms with van der Waals surface area (Å²) in [6.45, 7) is 3.70. The van der Waals surface area contributed by atoms with Crippen LogP contribution in [-0.4, -0.2) is 48.4 Å². The fraction of sp³-hybridized carbons (Fsp3) is 0.667. The second-order valence-electron chi connectivity index (χ2n) is 4.26. The lowest BCUT2D eigenvalue weighted by molar-refractivity contribution is -0.117. The molecule has 1 heterocycles. The van der Waals surface area contributed by atoms with E-state index in [1.165, 1.54) is 4.88 Å². The molecule has 0 saturated carbocycles. The van der Waals surface area contributed by atoms with Gasteiger partial charge in [0.25, 0.3) is 0 Å². The van der Waals surface area contributed by atoms with E-state index >= 15 is 0 Å². The molecule has 1 rings (SSSR count). The van der Waals surface area contributed by atoms with Gasteiger partial charge in [-0.3, -0.25) is 4.79 Å². The van der Waals surface area contributed by atoms with E-state index in [0.717, 1.165) is 12.1 Å². The van der Waals surface area contributed by atoms with E-state index in [2.05, 4.69) is 10.3 Å². The summed E-state index contributed by atoms with van der Waals surface area (Å²) in [6, 6.07) is 0. The zero-order chi connectivity index (χ0) is 14.1. The molecule has 1 amide bonds. The number of carbonyl (C=O) groups is 1. The lowest BCUT2D eigenvalue weighted by Gasteiger charge is -2.11. The van der Waals surface area contributed by atoms with Crippen LogP contribution < -0.4 is 11.1 Å². The Kier molecular flexibility index (Phi) is 7.57. The molecular formula is C12H21N3O3S. The first-order valence-corrected chi connectivity index (χ1v) is 7.11. The molecule has 19 heavy (non-hydrogen) atoms. The standard InChI is InChI=1S/C12H21N3O3S/c1-9-11(19-8-15-9)3-5-18-7-10(16)6-14-4-2-12(13)17/h8,10,14,16H,2-7H2,1H3,(H2,13,17). The smallest absolute Gasteiger partial charge is 0.218 e. The SMILES string of the molecule is Cc1ncsc1CCOCC(O)CNCCC(N)=O. The largest absolute Gasteiger partial charge is 0.389 e. The van der Waals surface area contributed by atoms with Crippen molar-refractivity contribution in [3.05, 3.63) is 16.1 Å². The maximum atomic E-state index is 10.5. The molecule has 108 valence electrons. The summed E-state index contributed by atoms with van der Waals surface area (Å²) in [5.41, 5.74) is 7.86. The van der Waals surface area contributed by atoms with E-state index in [1.54, 1.807) is 11.3 Å². The number of aliphatic hydroxyl groups excluding tert-OH is 1. The number of nitrogens with zero attached hydrogens (tertiary/aromatic N) is 1. The lowest BCUT2D eigenvalue weighted by atomic mass is 10.3. The first kappa shape index (κ1) is 16.0. The quantitative estimate of drug-likeness (QED) is 0.519. The molecule has 0 aliphatic heterocycles. The highest BCUT2D eigenvalue weighted by atomic mass is 32.1. The summed E-state index contributed by atoms with van der Waals surface area (Å²) in [5, 5.41) is 12.6. The van der Waals surface area contributed by atoms with E-state index in [-0.39, 0.29) is 18.9 Å². The summed E-state index contributed by atoms with van der Waals surface area (Å²) in [6.07, 6.45) is 0.520. The molecule has 1 aromatic heterocycles. The van der Waals surface area contributed by atoms with Crippen molar-refractivity contribution < 1.29 is 14.6 Å². The van der Waals surface area contributed by atoms with Crippen LogP contribution in [0.25, 0.3) is 0 Å². The number of ether oxygens (including phenoxy) is 1. The van der Waals surface area contributed by atoms with Crippen LogP contribution in [0.1, 0.15) is 17.0 Å². The third-order valence-corrected chi connectivity index (χ3v) is 3.55. The zero-order valence-electron chi connectivity index (χ0n) is 11.1. The maximum Gasteiger partial charge on any atom is 0.218 e. The van der Waals surface area contributed by atoms with Crippen LogP contribution in [0.5, 0.6) is 0 Å². The van der Waals surface area contributed by atoms with Crippen molar-refractivity contribution in [3.63, 3.8) is 0 Å². The van der Waals surface area contributed by atoms with E-state index in [4.69, 9.17) is 10.5 Å². The van der Waals surface area contributed by atoms with Gasteiger partial charge >= 0.3 is 0 Å². The van der Waals surface area contributed by atoms with Crippen LogP contribution in [0.15, 0.2) is 5.51 Å². The summed E-state index contributed by atoms with van der Waals surface area (Å²) in [5.74, 6) is -0.349. The highest BCUT2D eigenvalue weighted by Crippen LogP contribution is 2.12. The number of carbonyl (C=O) groups excluding carboxylic acids is 1. The molecule has 0 aromatic carbocycles. The van der Waals surface area contributed by atoms with Gasteiger partial charge in [0.05, 0.1) is 30.5 Å². The average molecular weight is 287 g/mol. The first-order valence-electron chi connectivity index (χ1n) is 6.23. The van der Waals surface area contributed by atoms with Gasteiger partial charge in [0.1, 0.15) is 0 Å². The van der Waals surface area contributed by atoms with Gasteiger partial charge in [0.2, 0.25) is 5.91 Å². The summed E-state index contributed by atoms with van der Waals surface area (Å²) in [4.78, 5) is 15.9. The van der Waals surface area contributed by atoms with Crippen LogP contribution in [-0.2, 0) is 16.0 Å². The Labute approximate surface area is 117 Å². The number of aryl methyl sites for hydroxylation is 1. The number of primary amides is 1. The Morgan fingerprint density at radius 2 is 2.47 bits per heavy atom. The fourth-order valence-corrected chi connectivity index (χ4v) is 2.25. The van der Waals surface area contributed by atoms with Crippen molar-refractivity contribution in [2.75, 3.05) is 26.3 Å². The number of nitrogens with one attached hydrogen (secondary N) is 1. The third-order valence-electron chi connectivity index (χ3n) is 2.56. The van der Waals surface area contributed by atoms with E-state index < -0.39 is 6.10 Å². The van der Waals surface area contributed by atoms with Crippen LogP contribution in [0.4, 0.5) is 0 Å². The van der Waals surface area contributed by atoms with Crippen molar-refractivity contribution in [2.24, 2.45) is 5.73 Å². The molecule has 0 spiro atoms. The van der Waals surface area contributed by atoms with E-state index in [1.807, 2.05) is 12.4 Å². The monoisotopic (exact) mass is 287 g/mol. The molecular weight excluding hydrogens is 266 g/mol. The summed E-state index contributed by atoms with van der Waals surface area (Å²) >= 11 is 1.62. The Morgan fingerprint density at radius 3 is 3.11 bits per heavy atom. The number of hydrogen-bond donors (Lipinski definition) is 3. The number of hydrogen-bond acceptors (Lipinski definition) is 6. The average Bonchev–Trinajstić information content (AvgIpc) is 2.76. The van der Waals surface area contributed by atoms with Gasteiger partial charge in [-0.2, -0.15) is 0 Å². The Bertz CT molecular complexity index is 384. The third kappa shape index (κ3) is 7.22. The molecule has 7 heteroatoms. The predicted octanol–water partition coefficient (Wildman–Crippen LogP) is -0.163. The molecule has 0 fully saturated rings. The van der Waals surface area contributed by atoms with Crippen molar-refractivity contribution in [1.82, 2.24) is 10.3 Å². The van der Waals surface area contributed by atoms with Crippen molar-refractivity contribution in [1.29, 1.82) is 0 Å². The zero-order valence-corrected chi connectivity index (χ0v) is 11.9. The topological polar surface area (TPSA) is 97.5 Å². The molecule has 0 saturated heterocycles. The number of nitrogens with two attached hydrogens (primary N) is 1. The van der Waals surface area contributed by atoms with Gasteiger partial charge < -0.3 is 20.9 Å². The van der Waals surface area contributed by atoms with Crippen LogP contribution >= 0.6 is 11.3 Å². The fourth-order valence-electron chi connectivity index (χ4n) is 1.49. The molecule has 0 aliphatic rings. The van der Waals surface area contributed by atoms with Gasteiger partial charge in [0, 0.05) is 30.8 Å². The van der Waals surface area contributed by atoms with Crippen molar-refractivity contribution in [2.45, 2.75) is 25.9 Å². The second-order valence-corrected chi connectivity index (χ2v) is 5.20. The van der Waals surface area contributed by atoms with Crippen molar-refractivity contribution >= 4 is 17.2 Å². The minimum absolute atomic E-state index is 0.276. The minimum Gasteiger partial charge on any atom is -0.389 e. The summed E-state index contributed by atoms with van der Waals surface area (Å²) in [7, 11) is 0. The Hall–Kier alpha value is -1.02. The number of thiazole rings is 1. The minimum atomic E-state index is -0.574. The lowest BCUT2D eigenvalue weighted by Crippen LogP contribution is -2.32. The predicted molar refractivity (Wildman–Crippen MR) is 74.1 cm³/mol. The number of rotatable bonds is 10. The highest BCUT2D eigenvalue weighted by Gasteiger charge is 2.05. The van der Waals surface area contributed by atoms with Gasteiger partial charge in [-0.25, -0.2) is 4.98 Å². The maximum absolute atomic E-state index is 10.5. The van der Waals surface area contributed by atoms with Gasteiger partial charge in [0.15, 0.2) is 0 Å². The van der Waals surface area contributed by atoms with Crippen LogP contribution in [0, 0.1) is 6.92 Å². The molecule has 0 radical (unpaired) electrons. The Morgan fingerprint density at radius 1 is 1.68 bits per heavy atom. The second kappa shape index (κ2) is 8.98. The summed E-state index contributed by atoms with van der Waals surface area (Å²) < 4.78 is 5.40. The number of aromatic nitrogens is 1. The molecule has 1 unspecified atom stereocenters. The normalized spacial score (nSPS) is 12.5. The van der Waals surface area contributed by atoms with Crippen molar-refractivity contribution in [3.8, 4) is 0 Å². The molecule has 4 N–H and O–H groups in total. The molecule has 0 aliphatic carbocycles. The number of amides is 1. The van der Waals surface area contributed by atoms with Crippen LogP contribution in [0.2, 0.25) is 0 Å². The van der Waals surface area contributed by atoms with Gasteiger partial charge in [-0.1, -0.05) is 0 Å². The van der Waals surface area contributed by atoms with Crippen LogP contribution in [0.3, 0.4) is 0 Å². The van der Waals surface area contributed by atoms with E-state index in [9.17, 15) is 9.90 Å². The van der Waals surface area contributed by atoms with E-state index in [0.29, 0.717) is 19.7 Å². The Balaban J connectivity index is 1.99. The molecule has 1 atom stereocenters. The molecule has 6 nitrogen and oxygen atoms in total. The molecule has 0 bridgehead atoms. The first-order chi connectivity index (χ1) is 9.09. The highest BCUT2D eigenvalue weighted by molar-refractivity contribution is 7.09. The van der Waals surface area contributed by atoms with Gasteiger partial charge in [-0.05, 0) is 6.92 Å². The number of aliphatic hydroxyl groups is 1.